The first-order valence-electron chi connectivity index (χ1n) is 9.10. The molecule has 0 saturated carbocycles. The standard InChI is InChI=1S/C20H29N5O2/c1-14-19(15(2)25(23-14)16-10-8-7-9-11-16)21-17(26)12-24(6)13-18(27)22-20(3,4)5/h7-11H,12-13H2,1-6H3,(H,21,26)(H,22,27)/p+1. The van der Waals surface area contributed by atoms with Crippen LogP contribution >= 0.6 is 0 Å². The highest BCUT2D eigenvalue weighted by atomic mass is 16.2. The van der Waals surface area contributed by atoms with Gasteiger partial charge in [-0.05, 0) is 46.8 Å². The first-order valence-corrected chi connectivity index (χ1v) is 9.10. The number of rotatable bonds is 6. The molecule has 0 aliphatic rings. The van der Waals surface area contributed by atoms with E-state index in [2.05, 4.69) is 15.7 Å². The average Bonchev–Trinajstić information content (AvgIpc) is 2.81. The highest BCUT2D eigenvalue weighted by Gasteiger charge is 2.20. The van der Waals surface area contributed by atoms with Crippen molar-refractivity contribution in [2.45, 2.75) is 40.2 Å². The van der Waals surface area contributed by atoms with Gasteiger partial charge in [0.15, 0.2) is 13.1 Å². The van der Waals surface area contributed by atoms with Crippen molar-refractivity contribution in [3.63, 3.8) is 0 Å². The highest BCUT2D eigenvalue weighted by molar-refractivity contribution is 5.92. The lowest BCUT2D eigenvalue weighted by Crippen LogP contribution is -3.11. The number of benzene rings is 1. The van der Waals surface area contributed by atoms with Crippen LogP contribution in [0, 0.1) is 13.8 Å². The zero-order chi connectivity index (χ0) is 20.2. The summed E-state index contributed by atoms with van der Waals surface area (Å²) >= 11 is 0. The molecule has 0 aliphatic carbocycles. The van der Waals surface area contributed by atoms with Gasteiger partial charge in [-0.2, -0.15) is 5.10 Å². The molecule has 146 valence electrons. The third-order valence-electron chi connectivity index (χ3n) is 4.00. The van der Waals surface area contributed by atoms with E-state index in [0.717, 1.165) is 27.7 Å². The molecule has 1 unspecified atom stereocenters. The molecule has 0 bridgehead atoms. The maximum atomic E-state index is 12.4. The highest BCUT2D eigenvalue weighted by Crippen LogP contribution is 2.22. The van der Waals surface area contributed by atoms with E-state index in [9.17, 15) is 9.59 Å². The second kappa shape index (κ2) is 8.35. The van der Waals surface area contributed by atoms with E-state index in [0.29, 0.717) is 0 Å². The molecule has 1 aromatic heterocycles. The molecular formula is C20H30N5O2+. The number of quaternary nitrogens is 1. The lowest BCUT2D eigenvalue weighted by atomic mass is 10.1. The van der Waals surface area contributed by atoms with E-state index in [-0.39, 0.29) is 30.4 Å². The van der Waals surface area contributed by atoms with Crippen LogP contribution in [0.1, 0.15) is 32.2 Å². The quantitative estimate of drug-likeness (QED) is 0.704. The molecule has 0 saturated heterocycles. The van der Waals surface area contributed by atoms with Gasteiger partial charge in [-0.15, -0.1) is 0 Å². The van der Waals surface area contributed by atoms with Crippen LogP contribution in [-0.4, -0.2) is 47.3 Å². The topological polar surface area (TPSA) is 80.5 Å². The van der Waals surface area contributed by atoms with Crippen LogP contribution in [0.3, 0.4) is 0 Å². The van der Waals surface area contributed by atoms with Gasteiger partial charge in [0.25, 0.3) is 11.8 Å². The number of hydrogen-bond acceptors (Lipinski definition) is 3. The molecule has 2 aromatic rings. The summed E-state index contributed by atoms with van der Waals surface area (Å²) in [6.07, 6.45) is 0. The van der Waals surface area contributed by atoms with Crippen LogP contribution in [0.2, 0.25) is 0 Å². The van der Waals surface area contributed by atoms with Gasteiger partial charge >= 0.3 is 0 Å². The normalized spacial score (nSPS) is 12.5. The minimum atomic E-state index is -0.278. The zero-order valence-corrected chi connectivity index (χ0v) is 17.0. The van der Waals surface area contributed by atoms with E-state index >= 15 is 0 Å². The predicted octanol–water partition coefficient (Wildman–Crippen LogP) is 0.857. The van der Waals surface area contributed by atoms with Crippen molar-refractivity contribution < 1.29 is 14.5 Å². The molecule has 1 atom stereocenters. The molecule has 7 nitrogen and oxygen atoms in total. The van der Waals surface area contributed by atoms with Crippen molar-refractivity contribution in [1.29, 1.82) is 0 Å². The number of carbonyl (C=O) groups excluding carboxylic acids is 2. The average molecular weight is 372 g/mol. The summed E-state index contributed by atoms with van der Waals surface area (Å²) in [6, 6.07) is 9.79. The van der Waals surface area contributed by atoms with Crippen LogP contribution < -0.4 is 15.5 Å². The summed E-state index contributed by atoms with van der Waals surface area (Å²) in [5.74, 6) is -0.216. The Balaban J connectivity index is 2.00. The number of aromatic nitrogens is 2. The van der Waals surface area contributed by atoms with Crippen molar-refractivity contribution in [2.24, 2.45) is 0 Å². The summed E-state index contributed by atoms with van der Waals surface area (Å²) < 4.78 is 1.82. The van der Waals surface area contributed by atoms with Gasteiger partial charge in [0.1, 0.15) is 0 Å². The summed E-state index contributed by atoms with van der Waals surface area (Å²) in [5.41, 5.74) is 3.01. The van der Waals surface area contributed by atoms with Gasteiger partial charge in [-0.3, -0.25) is 9.59 Å². The number of para-hydroxylation sites is 1. The van der Waals surface area contributed by atoms with E-state index in [1.54, 1.807) is 0 Å². The fourth-order valence-corrected chi connectivity index (χ4v) is 2.90. The second-order valence-electron chi connectivity index (χ2n) is 7.95. The lowest BCUT2D eigenvalue weighted by molar-refractivity contribution is -0.862. The minimum Gasteiger partial charge on any atom is -0.347 e. The third kappa shape index (κ3) is 5.92. The van der Waals surface area contributed by atoms with Crippen LogP contribution in [0.25, 0.3) is 5.69 Å². The Morgan fingerprint density at radius 1 is 1.07 bits per heavy atom. The Morgan fingerprint density at radius 3 is 2.26 bits per heavy atom. The van der Waals surface area contributed by atoms with Gasteiger partial charge in [-0.25, -0.2) is 4.68 Å². The van der Waals surface area contributed by atoms with Gasteiger partial charge < -0.3 is 15.5 Å². The SMILES string of the molecule is Cc1nn(-c2ccccc2)c(C)c1NC(=O)C[NH+](C)CC(=O)NC(C)(C)C. The Labute approximate surface area is 160 Å². The fourth-order valence-electron chi connectivity index (χ4n) is 2.90. The molecule has 2 amide bonds. The van der Waals surface area contributed by atoms with Crippen molar-refractivity contribution in [1.82, 2.24) is 15.1 Å². The van der Waals surface area contributed by atoms with E-state index in [1.165, 1.54) is 0 Å². The number of aryl methyl sites for hydroxylation is 1. The molecule has 2 rings (SSSR count). The first-order chi connectivity index (χ1) is 12.6. The van der Waals surface area contributed by atoms with E-state index in [1.807, 2.05) is 76.7 Å². The maximum Gasteiger partial charge on any atom is 0.279 e. The van der Waals surface area contributed by atoms with Gasteiger partial charge in [0.2, 0.25) is 0 Å². The molecule has 0 radical (unpaired) electrons. The van der Waals surface area contributed by atoms with Crippen LogP contribution in [0.5, 0.6) is 0 Å². The molecule has 27 heavy (non-hydrogen) atoms. The smallest absolute Gasteiger partial charge is 0.279 e. The molecular weight excluding hydrogens is 342 g/mol. The number of nitrogens with zero attached hydrogens (tertiary/aromatic N) is 2. The molecule has 1 aromatic carbocycles. The molecule has 0 fully saturated rings. The summed E-state index contributed by atoms with van der Waals surface area (Å²) in [6.45, 7) is 10.0. The summed E-state index contributed by atoms with van der Waals surface area (Å²) in [7, 11) is 1.83. The fraction of sp³-hybridized carbons (Fsp3) is 0.450. The largest absolute Gasteiger partial charge is 0.347 e. The number of likely N-dealkylation sites (N-methyl/N-ethyl adjacent to an activating group) is 1. The van der Waals surface area contributed by atoms with Crippen LogP contribution in [-0.2, 0) is 9.59 Å². The monoisotopic (exact) mass is 372 g/mol. The number of amides is 2. The Kier molecular flexibility index (Phi) is 6.38. The minimum absolute atomic E-state index is 0.0722. The number of hydrogen-bond donors (Lipinski definition) is 3. The molecule has 7 heteroatoms. The van der Waals surface area contributed by atoms with Crippen molar-refractivity contribution in [2.75, 3.05) is 25.5 Å². The number of carbonyl (C=O) groups is 2. The van der Waals surface area contributed by atoms with Crippen LogP contribution in [0.15, 0.2) is 30.3 Å². The predicted molar refractivity (Wildman–Crippen MR) is 106 cm³/mol. The van der Waals surface area contributed by atoms with Gasteiger partial charge in [-0.1, -0.05) is 18.2 Å². The second-order valence-corrected chi connectivity index (χ2v) is 7.95. The summed E-state index contributed by atoms with van der Waals surface area (Å²) in [4.78, 5) is 25.3. The Hall–Kier alpha value is -2.67. The van der Waals surface area contributed by atoms with Crippen LogP contribution in [0.4, 0.5) is 5.69 Å². The van der Waals surface area contributed by atoms with E-state index in [4.69, 9.17) is 0 Å². The Bertz CT molecular complexity index is 806. The van der Waals surface area contributed by atoms with Gasteiger partial charge in [0, 0.05) is 5.54 Å². The lowest BCUT2D eigenvalue weighted by Gasteiger charge is -2.21. The number of nitrogens with one attached hydrogen (secondary N) is 3. The molecule has 3 N–H and O–H groups in total. The third-order valence-corrected chi connectivity index (χ3v) is 4.00. The van der Waals surface area contributed by atoms with Crippen molar-refractivity contribution in [3.8, 4) is 5.69 Å². The van der Waals surface area contributed by atoms with E-state index < -0.39 is 0 Å². The Morgan fingerprint density at radius 2 is 1.67 bits per heavy atom. The van der Waals surface area contributed by atoms with Gasteiger partial charge in [0.05, 0.1) is 29.8 Å². The summed E-state index contributed by atoms with van der Waals surface area (Å²) in [5, 5.41) is 10.4. The number of anilines is 1. The van der Waals surface area contributed by atoms with Crippen molar-refractivity contribution in [3.05, 3.63) is 41.7 Å². The zero-order valence-electron chi connectivity index (χ0n) is 17.0. The molecule has 0 spiro atoms. The molecule has 0 aliphatic heterocycles. The van der Waals surface area contributed by atoms with Crippen molar-refractivity contribution >= 4 is 17.5 Å². The molecule has 1 heterocycles. The first kappa shape index (κ1) is 20.6. The maximum absolute atomic E-state index is 12.4.